The molecule has 0 aliphatic carbocycles. The van der Waals surface area contributed by atoms with Gasteiger partial charge in [-0.25, -0.2) is 4.68 Å². The van der Waals surface area contributed by atoms with Crippen LogP contribution in [0.25, 0.3) is 11.3 Å². The molecule has 21 heavy (non-hydrogen) atoms. The third-order valence-corrected chi connectivity index (χ3v) is 3.28. The molecule has 0 fully saturated rings. The molecule has 3 rings (SSSR count). The molecular weight excluding hydrogens is 264 g/mol. The number of nitrogens with zero attached hydrogens (tertiary/aromatic N) is 4. The lowest BCUT2D eigenvalue weighted by atomic mass is 10.1. The predicted octanol–water partition coefficient (Wildman–Crippen LogP) is 2.00. The topological polar surface area (TPSA) is 52.7 Å². The first-order valence-corrected chi connectivity index (χ1v) is 6.74. The van der Waals surface area contributed by atoms with Crippen LogP contribution in [0.15, 0.2) is 53.6 Å². The Kier molecular flexibility index (Phi) is 3.39. The smallest absolute Gasteiger partial charge is 0.267 e. The van der Waals surface area contributed by atoms with E-state index in [-0.39, 0.29) is 5.56 Å². The first-order valence-electron chi connectivity index (χ1n) is 6.74. The van der Waals surface area contributed by atoms with Crippen molar-refractivity contribution in [2.75, 3.05) is 0 Å². The van der Waals surface area contributed by atoms with Crippen LogP contribution in [0.1, 0.15) is 11.1 Å². The minimum atomic E-state index is -0.107. The molecule has 106 valence electrons. The van der Waals surface area contributed by atoms with Crippen LogP contribution in [0.2, 0.25) is 0 Å². The summed E-state index contributed by atoms with van der Waals surface area (Å²) in [5, 5.41) is 8.56. The highest BCUT2D eigenvalue weighted by Gasteiger charge is 2.06. The first-order chi connectivity index (χ1) is 10.1. The monoisotopic (exact) mass is 280 g/mol. The van der Waals surface area contributed by atoms with E-state index in [0.717, 1.165) is 16.8 Å². The van der Waals surface area contributed by atoms with Crippen LogP contribution >= 0.6 is 0 Å². The van der Waals surface area contributed by atoms with Crippen LogP contribution in [0.5, 0.6) is 0 Å². The summed E-state index contributed by atoms with van der Waals surface area (Å²) in [5.74, 6) is 0. The number of hydrogen-bond donors (Lipinski definition) is 0. The first kappa shape index (κ1) is 13.3. The zero-order valence-electron chi connectivity index (χ0n) is 12.0. The van der Waals surface area contributed by atoms with Crippen LogP contribution in [0.4, 0.5) is 0 Å². The Morgan fingerprint density at radius 1 is 1.19 bits per heavy atom. The molecule has 0 spiro atoms. The van der Waals surface area contributed by atoms with E-state index in [2.05, 4.69) is 16.3 Å². The maximum atomic E-state index is 12.0. The minimum absolute atomic E-state index is 0.107. The van der Waals surface area contributed by atoms with Crippen LogP contribution in [-0.2, 0) is 13.6 Å². The molecule has 0 saturated carbocycles. The van der Waals surface area contributed by atoms with Gasteiger partial charge in [-0.15, -0.1) is 0 Å². The lowest BCUT2D eigenvalue weighted by Gasteiger charge is -2.07. The number of aryl methyl sites for hydroxylation is 2. The molecule has 0 saturated heterocycles. The third kappa shape index (κ3) is 2.91. The number of benzene rings is 1. The summed E-state index contributed by atoms with van der Waals surface area (Å²) < 4.78 is 3.20. The Labute approximate surface area is 122 Å². The summed E-state index contributed by atoms with van der Waals surface area (Å²) in [7, 11) is 1.85. The summed E-state index contributed by atoms with van der Waals surface area (Å²) in [6.07, 6.45) is 3.62. The maximum Gasteiger partial charge on any atom is 0.267 e. The average molecular weight is 280 g/mol. The SMILES string of the molecule is Cc1cccc(Cn2nc(-c3cnn(C)c3)ccc2=O)c1. The van der Waals surface area contributed by atoms with Crippen molar-refractivity contribution in [3.63, 3.8) is 0 Å². The van der Waals surface area contributed by atoms with Crippen molar-refractivity contribution in [2.45, 2.75) is 13.5 Å². The molecule has 0 N–H and O–H groups in total. The Morgan fingerprint density at radius 2 is 2.05 bits per heavy atom. The van der Waals surface area contributed by atoms with E-state index in [1.165, 1.54) is 10.2 Å². The van der Waals surface area contributed by atoms with Gasteiger partial charge >= 0.3 is 0 Å². The lowest BCUT2D eigenvalue weighted by Crippen LogP contribution is -2.22. The molecule has 0 amide bonds. The predicted molar refractivity (Wildman–Crippen MR) is 81.0 cm³/mol. The van der Waals surface area contributed by atoms with Crippen molar-refractivity contribution in [1.82, 2.24) is 19.6 Å². The van der Waals surface area contributed by atoms with E-state index >= 15 is 0 Å². The summed E-state index contributed by atoms with van der Waals surface area (Å²) in [6, 6.07) is 11.4. The fraction of sp³-hybridized carbons (Fsp3) is 0.188. The molecule has 2 aromatic heterocycles. The fourth-order valence-electron chi connectivity index (χ4n) is 2.25. The highest BCUT2D eigenvalue weighted by molar-refractivity contribution is 5.55. The van der Waals surface area contributed by atoms with Gasteiger partial charge in [-0.2, -0.15) is 10.2 Å². The summed E-state index contributed by atoms with van der Waals surface area (Å²) in [5.41, 5.74) is 3.77. The van der Waals surface area contributed by atoms with Gasteiger partial charge in [0, 0.05) is 24.9 Å². The van der Waals surface area contributed by atoms with Crippen molar-refractivity contribution >= 4 is 0 Å². The molecule has 0 radical (unpaired) electrons. The Hall–Kier alpha value is -2.69. The van der Waals surface area contributed by atoms with Crippen LogP contribution in [-0.4, -0.2) is 19.6 Å². The molecule has 5 nitrogen and oxygen atoms in total. The fourth-order valence-corrected chi connectivity index (χ4v) is 2.25. The molecule has 0 bridgehead atoms. The largest absolute Gasteiger partial charge is 0.275 e. The van der Waals surface area contributed by atoms with Gasteiger partial charge in [0.15, 0.2) is 0 Å². The van der Waals surface area contributed by atoms with Crippen molar-refractivity contribution in [2.24, 2.45) is 7.05 Å². The van der Waals surface area contributed by atoms with Gasteiger partial charge in [0.2, 0.25) is 0 Å². The average Bonchev–Trinajstić information content (AvgIpc) is 2.88. The van der Waals surface area contributed by atoms with E-state index < -0.39 is 0 Å². The second-order valence-electron chi connectivity index (χ2n) is 5.11. The van der Waals surface area contributed by atoms with Crippen molar-refractivity contribution < 1.29 is 0 Å². The molecule has 0 aliphatic heterocycles. The number of hydrogen-bond acceptors (Lipinski definition) is 3. The third-order valence-electron chi connectivity index (χ3n) is 3.28. The zero-order chi connectivity index (χ0) is 14.8. The molecule has 2 heterocycles. The number of aromatic nitrogens is 4. The van der Waals surface area contributed by atoms with Crippen LogP contribution in [0, 0.1) is 6.92 Å². The molecule has 0 aliphatic rings. The standard InChI is InChI=1S/C16H16N4O/c1-12-4-3-5-13(8-12)10-20-16(21)7-6-15(18-20)14-9-17-19(2)11-14/h3-9,11H,10H2,1-2H3. The van der Waals surface area contributed by atoms with Gasteiger partial charge in [-0.3, -0.25) is 9.48 Å². The quantitative estimate of drug-likeness (QED) is 0.737. The normalized spacial score (nSPS) is 10.8. The van der Waals surface area contributed by atoms with Crippen molar-refractivity contribution in [3.8, 4) is 11.3 Å². The highest BCUT2D eigenvalue weighted by Crippen LogP contribution is 2.13. The van der Waals surface area contributed by atoms with Crippen LogP contribution < -0.4 is 5.56 Å². The van der Waals surface area contributed by atoms with Gasteiger partial charge in [-0.05, 0) is 18.6 Å². The van der Waals surface area contributed by atoms with Crippen molar-refractivity contribution in [3.05, 3.63) is 70.3 Å². The van der Waals surface area contributed by atoms with E-state index in [9.17, 15) is 4.79 Å². The highest BCUT2D eigenvalue weighted by atomic mass is 16.1. The molecule has 5 heteroatoms. The number of rotatable bonds is 3. The van der Waals surface area contributed by atoms with Gasteiger partial charge < -0.3 is 0 Å². The van der Waals surface area contributed by atoms with Gasteiger partial charge in [0.05, 0.1) is 18.4 Å². The van der Waals surface area contributed by atoms with Crippen LogP contribution in [0.3, 0.4) is 0 Å². The van der Waals surface area contributed by atoms with Gasteiger partial charge in [-0.1, -0.05) is 29.8 Å². The molecular formula is C16H16N4O. The summed E-state index contributed by atoms with van der Waals surface area (Å²) >= 11 is 0. The van der Waals surface area contributed by atoms with E-state index in [4.69, 9.17) is 0 Å². The summed E-state index contributed by atoms with van der Waals surface area (Å²) in [4.78, 5) is 12.0. The molecule has 0 unspecified atom stereocenters. The Balaban J connectivity index is 1.97. The van der Waals surface area contributed by atoms with Crippen molar-refractivity contribution in [1.29, 1.82) is 0 Å². The Bertz CT molecular complexity index is 832. The zero-order valence-corrected chi connectivity index (χ0v) is 12.0. The van der Waals surface area contributed by atoms with E-state index in [0.29, 0.717) is 6.54 Å². The second-order valence-corrected chi connectivity index (χ2v) is 5.11. The van der Waals surface area contributed by atoms with Gasteiger partial charge in [0.1, 0.15) is 0 Å². The maximum absolute atomic E-state index is 12.0. The van der Waals surface area contributed by atoms with Gasteiger partial charge in [0.25, 0.3) is 5.56 Å². The molecule has 0 atom stereocenters. The lowest BCUT2D eigenvalue weighted by molar-refractivity contribution is 0.642. The molecule has 3 aromatic rings. The Morgan fingerprint density at radius 3 is 2.76 bits per heavy atom. The van der Waals surface area contributed by atoms with E-state index in [1.807, 2.05) is 38.4 Å². The second kappa shape index (κ2) is 5.36. The van der Waals surface area contributed by atoms with E-state index in [1.54, 1.807) is 23.0 Å². The minimum Gasteiger partial charge on any atom is -0.275 e. The molecule has 1 aromatic carbocycles. The summed E-state index contributed by atoms with van der Waals surface area (Å²) in [6.45, 7) is 2.50.